The smallest absolute Gasteiger partial charge is 0.271 e. The molecular formula is C22H19ClN4O3S. The third-order valence-electron chi connectivity index (χ3n) is 4.40. The molecule has 3 aromatic carbocycles. The maximum Gasteiger partial charge on any atom is 0.271 e. The van der Waals surface area contributed by atoms with Crippen LogP contribution < -0.4 is 16.0 Å². The van der Waals surface area contributed by atoms with E-state index >= 15 is 0 Å². The van der Waals surface area contributed by atoms with Crippen LogP contribution in [0.1, 0.15) is 17.2 Å². The Morgan fingerprint density at radius 1 is 1.03 bits per heavy atom. The molecule has 3 rings (SSSR count). The summed E-state index contributed by atoms with van der Waals surface area (Å²) in [6.07, 6.45) is 0. The number of thiocarbonyl (C=S) groups is 1. The molecule has 1 amide bonds. The molecule has 0 heterocycles. The molecule has 0 saturated carbocycles. The van der Waals surface area contributed by atoms with Gasteiger partial charge in [0.2, 0.25) is 0 Å². The van der Waals surface area contributed by atoms with Crippen molar-refractivity contribution >= 4 is 51.9 Å². The maximum atomic E-state index is 13.0. The second-order valence-corrected chi connectivity index (χ2v) is 7.53. The highest BCUT2D eigenvalue weighted by Crippen LogP contribution is 2.27. The summed E-state index contributed by atoms with van der Waals surface area (Å²) in [7, 11) is 0. The van der Waals surface area contributed by atoms with Gasteiger partial charge in [-0.05, 0) is 42.9 Å². The number of hydrogen-bond donors (Lipinski definition) is 3. The van der Waals surface area contributed by atoms with Crippen molar-refractivity contribution < 1.29 is 9.72 Å². The van der Waals surface area contributed by atoms with Crippen LogP contribution in [0.2, 0.25) is 5.02 Å². The van der Waals surface area contributed by atoms with Crippen molar-refractivity contribution in [2.75, 3.05) is 10.6 Å². The number of anilines is 2. The largest absolute Gasteiger partial charge is 0.347 e. The van der Waals surface area contributed by atoms with Gasteiger partial charge < -0.3 is 16.0 Å². The first-order valence-electron chi connectivity index (χ1n) is 9.27. The highest BCUT2D eigenvalue weighted by molar-refractivity contribution is 7.80. The molecule has 7 nitrogen and oxygen atoms in total. The molecule has 0 bridgehead atoms. The second-order valence-electron chi connectivity index (χ2n) is 6.72. The number of halogens is 1. The third-order valence-corrected chi connectivity index (χ3v) is 4.95. The summed E-state index contributed by atoms with van der Waals surface area (Å²) in [5.41, 5.74) is 2.56. The van der Waals surface area contributed by atoms with Crippen molar-refractivity contribution in [3.05, 3.63) is 99.1 Å². The van der Waals surface area contributed by atoms with Crippen molar-refractivity contribution in [2.24, 2.45) is 0 Å². The van der Waals surface area contributed by atoms with Gasteiger partial charge in [0.05, 0.1) is 15.6 Å². The number of nitro benzene ring substituents is 1. The highest BCUT2D eigenvalue weighted by Gasteiger charge is 2.22. The van der Waals surface area contributed by atoms with Crippen LogP contribution in [-0.2, 0) is 4.79 Å². The van der Waals surface area contributed by atoms with Gasteiger partial charge in [0.15, 0.2) is 5.11 Å². The van der Waals surface area contributed by atoms with Crippen LogP contribution in [0.4, 0.5) is 17.1 Å². The number of rotatable bonds is 6. The minimum Gasteiger partial charge on any atom is -0.347 e. The van der Waals surface area contributed by atoms with Gasteiger partial charge in [0.1, 0.15) is 6.04 Å². The topological polar surface area (TPSA) is 96.3 Å². The Balaban J connectivity index is 1.79. The second kappa shape index (κ2) is 10.0. The van der Waals surface area contributed by atoms with Crippen LogP contribution in [0, 0.1) is 17.0 Å². The molecule has 1 unspecified atom stereocenters. The standard InChI is InChI=1S/C22H19ClN4O3S/c1-14-7-9-16(10-8-14)24-21(28)20(15-5-3-2-4-6-15)26-22(31)25-19-13-17(27(29)30)11-12-18(19)23/h2-13,20H,1H3,(H,24,28)(H2,25,26,31). The number of nitro groups is 1. The molecule has 0 radical (unpaired) electrons. The maximum absolute atomic E-state index is 13.0. The van der Waals surface area contributed by atoms with Gasteiger partial charge in [-0.3, -0.25) is 14.9 Å². The Bertz CT molecular complexity index is 1110. The summed E-state index contributed by atoms with van der Waals surface area (Å²) in [6, 6.07) is 19.7. The number of hydrogen-bond acceptors (Lipinski definition) is 4. The van der Waals surface area contributed by atoms with E-state index in [2.05, 4.69) is 16.0 Å². The average Bonchev–Trinajstić information content (AvgIpc) is 2.75. The van der Waals surface area contributed by atoms with E-state index in [1.165, 1.54) is 18.2 Å². The Morgan fingerprint density at radius 2 is 1.71 bits per heavy atom. The molecule has 0 fully saturated rings. The zero-order chi connectivity index (χ0) is 22.4. The summed E-state index contributed by atoms with van der Waals surface area (Å²) in [6.45, 7) is 1.96. The van der Waals surface area contributed by atoms with Gasteiger partial charge in [-0.1, -0.05) is 59.6 Å². The van der Waals surface area contributed by atoms with Crippen molar-refractivity contribution in [1.29, 1.82) is 0 Å². The lowest BCUT2D eigenvalue weighted by Gasteiger charge is -2.21. The van der Waals surface area contributed by atoms with E-state index in [1.54, 1.807) is 12.1 Å². The molecule has 0 aliphatic carbocycles. The van der Waals surface area contributed by atoms with Crippen molar-refractivity contribution in [2.45, 2.75) is 13.0 Å². The monoisotopic (exact) mass is 454 g/mol. The third kappa shape index (κ3) is 6.00. The van der Waals surface area contributed by atoms with Crippen LogP contribution in [0.15, 0.2) is 72.8 Å². The Labute approximate surface area is 189 Å². The van der Waals surface area contributed by atoms with Gasteiger partial charge in [-0.2, -0.15) is 0 Å². The molecule has 0 aliphatic heterocycles. The lowest BCUT2D eigenvalue weighted by Crippen LogP contribution is -2.39. The van der Waals surface area contributed by atoms with E-state index in [4.69, 9.17) is 23.8 Å². The summed E-state index contributed by atoms with van der Waals surface area (Å²) in [4.78, 5) is 23.5. The van der Waals surface area contributed by atoms with Gasteiger partial charge in [-0.15, -0.1) is 0 Å². The van der Waals surface area contributed by atoms with Gasteiger partial charge in [0.25, 0.3) is 11.6 Å². The molecule has 3 aromatic rings. The number of aryl methyl sites for hydroxylation is 1. The van der Waals surface area contributed by atoms with Crippen LogP contribution >= 0.6 is 23.8 Å². The van der Waals surface area contributed by atoms with E-state index in [9.17, 15) is 14.9 Å². The van der Waals surface area contributed by atoms with Gasteiger partial charge in [0, 0.05) is 17.8 Å². The van der Waals surface area contributed by atoms with E-state index in [0.29, 0.717) is 11.3 Å². The molecule has 0 saturated heterocycles. The Kier molecular flexibility index (Phi) is 7.17. The van der Waals surface area contributed by atoms with Crippen LogP contribution in [0.25, 0.3) is 0 Å². The summed E-state index contributed by atoms with van der Waals surface area (Å²) < 4.78 is 0. The number of nitrogens with zero attached hydrogens (tertiary/aromatic N) is 1. The molecule has 0 aromatic heterocycles. The molecule has 0 spiro atoms. The number of nitrogens with one attached hydrogen (secondary N) is 3. The summed E-state index contributed by atoms with van der Waals surface area (Å²) in [5.74, 6) is -0.315. The fourth-order valence-electron chi connectivity index (χ4n) is 2.81. The van der Waals surface area contributed by atoms with Gasteiger partial charge >= 0.3 is 0 Å². The molecule has 9 heteroatoms. The van der Waals surface area contributed by atoms with E-state index < -0.39 is 11.0 Å². The number of benzene rings is 3. The van der Waals surface area contributed by atoms with Crippen LogP contribution in [0.5, 0.6) is 0 Å². The molecule has 3 N–H and O–H groups in total. The van der Waals surface area contributed by atoms with Crippen molar-refractivity contribution in [3.8, 4) is 0 Å². The minimum atomic E-state index is -0.806. The van der Waals surface area contributed by atoms with Crippen molar-refractivity contribution in [1.82, 2.24) is 5.32 Å². The van der Waals surface area contributed by atoms with E-state index in [-0.39, 0.29) is 27.4 Å². The molecule has 158 valence electrons. The Morgan fingerprint density at radius 3 is 2.35 bits per heavy atom. The summed E-state index contributed by atoms with van der Waals surface area (Å²) >= 11 is 11.5. The van der Waals surface area contributed by atoms with Crippen LogP contribution in [-0.4, -0.2) is 15.9 Å². The summed E-state index contributed by atoms with van der Waals surface area (Å²) in [5, 5.41) is 20.1. The number of carbonyl (C=O) groups is 1. The predicted molar refractivity (Wildman–Crippen MR) is 126 cm³/mol. The van der Waals surface area contributed by atoms with E-state index in [0.717, 1.165) is 5.56 Å². The van der Waals surface area contributed by atoms with Gasteiger partial charge in [-0.25, -0.2) is 0 Å². The molecule has 0 aliphatic rings. The normalized spacial score (nSPS) is 11.3. The first kappa shape index (κ1) is 22.2. The van der Waals surface area contributed by atoms with E-state index in [1.807, 2.05) is 49.4 Å². The zero-order valence-electron chi connectivity index (χ0n) is 16.5. The lowest BCUT2D eigenvalue weighted by atomic mass is 10.1. The molecular weight excluding hydrogens is 436 g/mol. The molecule has 31 heavy (non-hydrogen) atoms. The predicted octanol–water partition coefficient (Wildman–Crippen LogP) is 5.22. The SMILES string of the molecule is Cc1ccc(NC(=O)C(NC(=S)Nc2cc([N+](=O)[O-])ccc2Cl)c2ccccc2)cc1. The number of carbonyl (C=O) groups excluding carboxylic acids is 1. The average molecular weight is 455 g/mol. The number of amides is 1. The first-order chi connectivity index (χ1) is 14.8. The number of non-ortho nitro benzene ring substituents is 1. The highest BCUT2D eigenvalue weighted by atomic mass is 35.5. The zero-order valence-corrected chi connectivity index (χ0v) is 18.0. The molecule has 1 atom stereocenters. The lowest BCUT2D eigenvalue weighted by molar-refractivity contribution is -0.384. The first-order valence-corrected chi connectivity index (χ1v) is 10.1. The Hall–Kier alpha value is -3.49. The van der Waals surface area contributed by atoms with Crippen LogP contribution in [0.3, 0.4) is 0 Å². The van der Waals surface area contributed by atoms with Crippen molar-refractivity contribution in [3.63, 3.8) is 0 Å². The minimum absolute atomic E-state index is 0.0929. The fourth-order valence-corrected chi connectivity index (χ4v) is 3.20. The fraction of sp³-hybridized carbons (Fsp3) is 0.0909. The quantitative estimate of drug-likeness (QED) is 0.268.